The lowest BCUT2D eigenvalue weighted by atomic mass is 9.98. The number of aromatic nitrogens is 1. The second-order valence-electron chi connectivity index (χ2n) is 30.4. The van der Waals surface area contributed by atoms with E-state index in [1.54, 1.807) is 121 Å². The molecule has 8 rings (SSSR count). The normalized spacial score (nSPS) is 22.2. The molecule has 7 aromatic rings. The predicted molar refractivity (Wildman–Crippen MR) is 442 cm³/mol. The first kappa shape index (κ1) is 91.7. The highest BCUT2D eigenvalue weighted by atomic mass is 32.2. The van der Waals surface area contributed by atoms with Crippen LogP contribution in [0.15, 0.2) is 164 Å². The highest BCUT2D eigenvalue weighted by molar-refractivity contribution is 8.00. The summed E-state index contributed by atoms with van der Waals surface area (Å²) in [6.07, 6.45) is 0.203. The van der Waals surface area contributed by atoms with Gasteiger partial charge in [0.05, 0.1) is 25.4 Å². The molecule has 1 aliphatic rings. The number of carbonyl (C=O) groups excluding carboxylic acids is 14. The van der Waals surface area contributed by atoms with Gasteiger partial charge in [0, 0.05) is 62.0 Å². The van der Waals surface area contributed by atoms with Crippen LogP contribution < -0.4 is 69.5 Å². The summed E-state index contributed by atoms with van der Waals surface area (Å²) < 4.78 is 0. The minimum Gasteiger partial charge on any atom is -0.508 e. The third-order valence-electron chi connectivity index (χ3n) is 19.6. The molecule has 0 unspecified atom stereocenters. The van der Waals surface area contributed by atoms with Crippen LogP contribution in [-0.2, 0) is 99.2 Å². The van der Waals surface area contributed by atoms with Gasteiger partial charge >= 0.3 is 0 Å². The lowest BCUT2D eigenvalue weighted by Gasteiger charge is -2.33. The van der Waals surface area contributed by atoms with Crippen molar-refractivity contribution in [2.75, 3.05) is 38.2 Å². The van der Waals surface area contributed by atoms with Crippen molar-refractivity contribution >= 4 is 105 Å². The van der Waals surface area contributed by atoms with E-state index in [9.17, 15) is 73.2 Å². The predicted octanol–water partition coefficient (Wildman–Crippen LogP) is 1.05. The smallest absolute Gasteiger partial charge is 0.247 e. The number of carbonyl (C=O) groups is 14. The quantitative estimate of drug-likeness (QED) is 0.0507. The first-order chi connectivity index (χ1) is 56.7. The van der Waals surface area contributed by atoms with E-state index in [1.807, 2.05) is 0 Å². The average Bonchev–Trinajstić information content (AvgIpc) is 1.48. The van der Waals surface area contributed by atoms with Crippen LogP contribution >= 0.6 is 11.8 Å². The van der Waals surface area contributed by atoms with Crippen molar-refractivity contribution in [3.63, 3.8) is 0 Å². The SMILES string of the molecule is CC(C)C[C@@H]1NC(=O)[C@H](Cc2ccc(O)cc2)NC(=O)[C@H](c2ccccc2)NC(=O)CSC[C@@H](C(=O)NCC(N)=O)NC(=O)[C@H](CC(C)C)NC(=O)[C@H](Cc2ccccc2)N(C)C(=O)[C@H](Cc2ccc(O)cc2)NC(=O)[C@H](Cc2c[nH]c3ccccc23)NC(=O)CNC(=O)[C@H](CO)NC(=O)[C@H](Cc2ccc(O)cc2)NC(=O)[C@H](C(C)C)NC1=O. The summed E-state index contributed by atoms with van der Waals surface area (Å²) in [4.78, 5) is 209. The monoisotopic (exact) mass is 1660 g/mol. The minimum atomic E-state index is -1.82. The summed E-state index contributed by atoms with van der Waals surface area (Å²) >= 11 is 0.816. The zero-order chi connectivity index (χ0) is 86.6. The maximum absolute atomic E-state index is 15.6. The zero-order valence-corrected chi connectivity index (χ0v) is 67.9. The number of aromatic hydroxyl groups is 3. The number of thioether (sulfide) groups is 1. The van der Waals surface area contributed by atoms with Crippen molar-refractivity contribution in [1.29, 1.82) is 0 Å². The van der Waals surface area contributed by atoms with Crippen LogP contribution in [0.25, 0.3) is 10.9 Å². The Morgan fingerprint density at radius 2 is 0.924 bits per heavy atom. The molecule has 19 N–H and O–H groups in total. The van der Waals surface area contributed by atoms with Crippen molar-refractivity contribution in [3.05, 3.63) is 197 Å². The number of rotatable bonds is 20. The van der Waals surface area contributed by atoms with Crippen LogP contribution in [0.5, 0.6) is 17.2 Å². The Morgan fingerprint density at radius 3 is 1.45 bits per heavy atom. The molecule has 33 nitrogen and oxygen atoms in total. The van der Waals surface area contributed by atoms with Crippen molar-refractivity contribution in [3.8, 4) is 17.2 Å². The fourth-order valence-electron chi connectivity index (χ4n) is 13.3. The molecule has 0 aliphatic carbocycles. The third-order valence-corrected chi connectivity index (χ3v) is 20.6. The van der Waals surface area contributed by atoms with E-state index in [2.05, 4.69) is 68.8 Å². The Labute approximate surface area is 692 Å². The van der Waals surface area contributed by atoms with Gasteiger partial charge in [-0.2, -0.15) is 0 Å². The number of nitrogens with one attached hydrogen (secondary N) is 13. The van der Waals surface area contributed by atoms with Crippen LogP contribution in [0.2, 0.25) is 0 Å². The van der Waals surface area contributed by atoms with Gasteiger partial charge in [-0.1, -0.05) is 157 Å². The number of hydrogen-bond donors (Lipinski definition) is 18. The van der Waals surface area contributed by atoms with E-state index in [0.717, 1.165) is 16.7 Å². The van der Waals surface area contributed by atoms with Crippen LogP contribution in [-0.4, -0.2) is 212 Å². The average molecular weight is 1660 g/mol. The maximum atomic E-state index is 15.6. The molecule has 119 heavy (non-hydrogen) atoms. The van der Waals surface area contributed by atoms with Crippen molar-refractivity contribution in [2.24, 2.45) is 23.5 Å². The van der Waals surface area contributed by atoms with Gasteiger partial charge in [0.25, 0.3) is 0 Å². The fraction of sp³-hybridized carbons (Fsp3) is 0.388. The number of nitrogens with two attached hydrogens (primary N) is 1. The van der Waals surface area contributed by atoms with Crippen LogP contribution in [0.3, 0.4) is 0 Å². The Balaban J connectivity index is 1.19. The number of aromatic amines is 1. The highest BCUT2D eigenvalue weighted by Crippen LogP contribution is 2.24. The highest BCUT2D eigenvalue weighted by Gasteiger charge is 2.40. The first-order valence-electron chi connectivity index (χ1n) is 39.0. The van der Waals surface area contributed by atoms with E-state index in [0.29, 0.717) is 38.7 Å². The number of likely N-dealkylation sites (N-methyl/N-ethyl adjacent to an activating group) is 1. The molecule has 1 fully saturated rings. The summed E-state index contributed by atoms with van der Waals surface area (Å²) in [7, 11) is 1.31. The number of benzene rings is 6. The van der Waals surface area contributed by atoms with Gasteiger partial charge in [0.2, 0.25) is 82.7 Å². The number of H-pyrrole nitrogens is 1. The molecular weight excluding hydrogens is 1550 g/mol. The molecule has 14 amide bonds. The number of phenolic OH excluding ortho intramolecular Hbond substituents is 3. The Kier molecular flexibility index (Phi) is 34.3. The molecule has 0 bridgehead atoms. The Hall–Kier alpha value is -12.9. The summed E-state index contributed by atoms with van der Waals surface area (Å²) in [5.74, 6) is -15.8. The number of phenols is 3. The van der Waals surface area contributed by atoms with Gasteiger partial charge < -0.3 is 99.8 Å². The summed E-state index contributed by atoms with van der Waals surface area (Å²) in [6.45, 7) is 7.57. The standard InChI is InChI=1S/C85H105N15O18S/c1-47(2)34-61-77(110)97-68(76(109)88-42-70(86)105)45-119-46-72(107)98-74(54-18-12-9-13-19-54)84(117)94-63(36-51-22-28-56(102)29-23-51)78(111)91-62(35-48(3)4)81(114)99-73(49(5)6)83(116)93-64(37-52-24-30-57(103)31-25-52)79(112)96-67(44-101)75(108)89-43-71(106)90-65(40-55-41-87-60-21-15-14-20-59(55)60)80(113)95-66(38-53-26-32-58(104)33-27-53)85(118)100(7)69(82(115)92-61)39-50-16-10-8-11-17-50/h8-33,41,47-49,61-69,73-74,87,101-104H,34-40,42-46H2,1-7H3,(H2,86,105)(H,88,109)(H,89,108)(H,90,106)(H,91,111)(H,92,115)(H,93,116)(H,94,117)(H,95,113)(H,96,112)(H,97,110)(H,98,107)(H,99,114)/t61-,62-,63-,64-,65-,66-,67-,68-,69-,73-,74-/m0/s1. The van der Waals surface area contributed by atoms with Crippen LogP contribution in [0, 0.1) is 17.8 Å². The third kappa shape index (κ3) is 28.2. The number of aliphatic hydroxyl groups is 1. The molecular formula is C85H105N15O18S. The lowest BCUT2D eigenvalue weighted by Crippen LogP contribution is -2.61. The summed E-state index contributed by atoms with van der Waals surface area (Å²) in [5, 5.41) is 73.9. The van der Waals surface area contributed by atoms with Gasteiger partial charge in [0.15, 0.2) is 0 Å². The number of fused-ring (bicyclic) bond motifs is 1. The Bertz CT molecular complexity index is 4690. The number of amides is 14. The summed E-state index contributed by atoms with van der Waals surface area (Å²) in [6, 6.07) is 23.4. The van der Waals surface area contributed by atoms with Gasteiger partial charge in [-0.05, 0) is 106 Å². The van der Waals surface area contributed by atoms with E-state index in [1.165, 1.54) is 92.0 Å². The van der Waals surface area contributed by atoms with E-state index < -0.39 is 181 Å². The Morgan fingerprint density at radius 1 is 0.471 bits per heavy atom. The van der Waals surface area contributed by atoms with Gasteiger partial charge in [-0.3, -0.25) is 67.1 Å². The topological polar surface area (TPSA) is 509 Å². The van der Waals surface area contributed by atoms with E-state index in [4.69, 9.17) is 5.73 Å². The molecule has 0 saturated carbocycles. The number of nitrogens with zero attached hydrogens (tertiary/aromatic N) is 1. The van der Waals surface area contributed by atoms with Crippen molar-refractivity contribution in [2.45, 2.75) is 153 Å². The van der Waals surface area contributed by atoms with Gasteiger partial charge in [0.1, 0.15) is 83.7 Å². The first-order valence-corrected chi connectivity index (χ1v) is 40.2. The molecule has 1 saturated heterocycles. The second kappa shape index (κ2) is 44.5. The van der Waals surface area contributed by atoms with E-state index in [-0.39, 0.29) is 85.3 Å². The molecule has 34 heteroatoms. The fourth-order valence-corrected chi connectivity index (χ4v) is 14.1. The second-order valence-corrected chi connectivity index (χ2v) is 31.4. The number of para-hydroxylation sites is 1. The number of hydrogen-bond acceptors (Lipinski definition) is 19. The van der Waals surface area contributed by atoms with Crippen LogP contribution in [0.1, 0.15) is 93.8 Å². The largest absolute Gasteiger partial charge is 0.508 e. The number of aliphatic hydroxyl groups excluding tert-OH is 1. The number of primary amides is 1. The molecule has 1 aliphatic heterocycles. The maximum Gasteiger partial charge on any atom is 0.247 e. The van der Waals surface area contributed by atoms with Crippen molar-refractivity contribution < 1.29 is 87.5 Å². The summed E-state index contributed by atoms with van der Waals surface area (Å²) in [5.41, 5.74) is 8.59. The lowest BCUT2D eigenvalue weighted by molar-refractivity contribution is -0.143. The molecule has 11 atom stereocenters. The van der Waals surface area contributed by atoms with Gasteiger partial charge in [-0.25, -0.2) is 0 Å². The van der Waals surface area contributed by atoms with E-state index >= 15 is 14.4 Å². The molecule has 0 radical (unpaired) electrons. The molecule has 6 aromatic carbocycles. The van der Waals surface area contributed by atoms with Crippen molar-refractivity contribution in [1.82, 2.24) is 73.7 Å². The zero-order valence-electron chi connectivity index (χ0n) is 67.1. The molecule has 0 spiro atoms. The molecule has 2 heterocycles. The molecule has 634 valence electrons. The van der Waals surface area contributed by atoms with Crippen LogP contribution in [0.4, 0.5) is 0 Å². The molecule has 1 aromatic heterocycles. The minimum absolute atomic E-state index is 0.0468. The van der Waals surface area contributed by atoms with Gasteiger partial charge in [-0.15, -0.1) is 11.8 Å².